The molecule has 2 N–H and O–H groups in total. The van der Waals surface area contributed by atoms with Crippen molar-refractivity contribution in [1.29, 1.82) is 0 Å². The van der Waals surface area contributed by atoms with Crippen molar-refractivity contribution in [1.82, 2.24) is 0 Å². The molecule has 3 unspecified atom stereocenters. The zero-order chi connectivity index (χ0) is 7.11. The molecule has 3 atom stereocenters. The van der Waals surface area contributed by atoms with Crippen molar-refractivity contribution in [3.63, 3.8) is 0 Å². The lowest BCUT2D eigenvalue weighted by molar-refractivity contribution is 0.0388. The fraction of sp³-hybridized carbons (Fsp3) is 1.00. The van der Waals surface area contributed by atoms with Crippen molar-refractivity contribution in [3.8, 4) is 0 Å². The quantitative estimate of drug-likeness (QED) is 0.462. The minimum atomic E-state index is -0.113. The number of hydrogen-bond donors (Lipinski definition) is 1. The Morgan fingerprint density at radius 2 is 2.00 bits per heavy atom. The minimum Gasteiger partial charge on any atom is -0.363 e. The predicted molar refractivity (Wildman–Crippen MR) is 40.4 cm³/mol. The molecule has 0 aliphatic rings. The highest BCUT2D eigenvalue weighted by atomic mass is 31.0. The Morgan fingerprint density at radius 3 is 2.33 bits per heavy atom. The molecule has 0 spiro atoms. The second-order valence-electron chi connectivity index (χ2n) is 1.42. The summed E-state index contributed by atoms with van der Waals surface area (Å²) in [5, 5.41) is 0. The highest BCUT2D eigenvalue weighted by molar-refractivity contribution is 7.10. The van der Waals surface area contributed by atoms with Gasteiger partial charge in [-0.1, -0.05) is 0 Å². The van der Waals surface area contributed by atoms with Crippen LogP contribution in [0.25, 0.3) is 0 Å². The molecule has 0 saturated carbocycles. The zero-order valence-electron chi connectivity index (χ0n) is 4.95. The highest BCUT2D eigenvalue weighted by Gasteiger charge is 2.04. The summed E-state index contributed by atoms with van der Waals surface area (Å²) in [7, 11) is 4.23. The zero-order valence-corrected chi connectivity index (χ0v) is 7.26. The van der Waals surface area contributed by atoms with Gasteiger partial charge in [0.05, 0.1) is 13.2 Å². The predicted octanol–water partition coefficient (Wildman–Crippen LogP) is -0.141. The van der Waals surface area contributed by atoms with Crippen LogP contribution >= 0.6 is 18.9 Å². The van der Waals surface area contributed by atoms with Gasteiger partial charge in [0, 0.05) is 18.9 Å². The molecule has 0 rings (SSSR count). The van der Waals surface area contributed by atoms with Crippen LogP contribution in [-0.4, -0.2) is 19.3 Å². The van der Waals surface area contributed by atoms with Crippen molar-refractivity contribution in [2.45, 2.75) is 6.10 Å². The van der Waals surface area contributed by atoms with Crippen LogP contribution in [0.15, 0.2) is 0 Å². The first-order valence-electron chi connectivity index (χ1n) is 2.34. The first kappa shape index (κ1) is 9.70. The topological polar surface area (TPSA) is 53.7 Å². The summed E-state index contributed by atoms with van der Waals surface area (Å²) in [5.74, 6) is 4.78. The Labute approximate surface area is 58.9 Å². The van der Waals surface area contributed by atoms with Crippen molar-refractivity contribution in [3.05, 3.63) is 0 Å². The van der Waals surface area contributed by atoms with E-state index in [2.05, 4.69) is 23.8 Å². The lowest BCUT2D eigenvalue weighted by Gasteiger charge is -2.10. The summed E-state index contributed by atoms with van der Waals surface area (Å²) in [5.41, 5.74) is 0. The Hall–Kier alpha value is 0.700. The molecule has 9 heavy (non-hydrogen) atoms. The third kappa shape index (κ3) is 5.16. The standard InChI is InChI=1S/C3H11NO3P2/c4-5-1-3(7-9)2-6-8/h3H,1-2,4,8-9H2. The smallest absolute Gasteiger partial charge is 0.110 e. The first-order valence-corrected chi connectivity index (χ1v) is 3.28. The number of nitrogens with two attached hydrogens (primary N) is 1. The molecule has 0 radical (unpaired) electrons. The van der Waals surface area contributed by atoms with Gasteiger partial charge in [0.2, 0.25) is 0 Å². The van der Waals surface area contributed by atoms with Gasteiger partial charge in [-0.05, 0) is 0 Å². The molecule has 0 aliphatic heterocycles. The summed E-state index contributed by atoms with van der Waals surface area (Å²) in [4.78, 5) is 4.32. The van der Waals surface area contributed by atoms with Gasteiger partial charge in [-0.2, -0.15) is 0 Å². The Balaban J connectivity index is 3.18. The van der Waals surface area contributed by atoms with E-state index < -0.39 is 0 Å². The normalized spacial score (nSPS) is 13.7. The fourth-order valence-electron chi connectivity index (χ4n) is 0.341. The van der Waals surface area contributed by atoms with E-state index in [1.807, 2.05) is 0 Å². The monoisotopic (exact) mass is 171 g/mol. The summed E-state index contributed by atoms with van der Waals surface area (Å²) in [6.45, 7) is 0.781. The second kappa shape index (κ2) is 6.81. The minimum absolute atomic E-state index is 0.113. The van der Waals surface area contributed by atoms with Crippen molar-refractivity contribution in [2.24, 2.45) is 5.90 Å². The van der Waals surface area contributed by atoms with Crippen LogP contribution in [0, 0.1) is 0 Å². The molecular weight excluding hydrogens is 160 g/mol. The van der Waals surface area contributed by atoms with Crippen LogP contribution in [0.2, 0.25) is 0 Å². The number of rotatable bonds is 5. The van der Waals surface area contributed by atoms with E-state index in [0.717, 1.165) is 0 Å². The molecule has 0 aromatic heterocycles. The first-order chi connectivity index (χ1) is 4.35. The third-order valence-corrected chi connectivity index (χ3v) is 1.33. The molecule has 0 saturated heterocycles. The van der Waals surface area contributed by atoms with E-state index in [-0.39, 0.29) is 6.10 Å². The van der Waals surface area contributed by atoms with E-state index in [4.69, 9.17) is 14.9 Å². The molecule has 0 bridgehead atoms. The van der Waals surface area contributed by atoms with E-state index in [9.17, 15) is 0 Å². The molecule has 6 heteroatoms. The largest absolute Gasteiger partial charge is 0.363 e. The molecule has 0 fully saturated rings. The maximum Gasteiger partial charge on any atom is 0.110 e. The average Bonchev–Trinajstić information content (AvgIpc) is 1.88. The van der Waals surface area contributed by atoms with Crippen LogP contribution in [0.4, 0.5) is 0 Å². The van der Waals surface area contributed by atoms with Crippen LogP contribution < -0.4 is 5.90 Å². The van der Waals surface area contributed by atoms with Crippen molar-refractivity contribution < 1.29 is 13.9 Å². The molecule has 0 amide bonds. The van der Waals surface area contributed by atoms with Gasteiger partial charge in [0.15, 0.2) is 0 Å². The molecule has 4 nitrogen and oxygen atoms in total. The maximum absolute atomic E-state index is 4.80. The Kier molecular flexibility index (Phi) is 7.34. The summed E-state index contributed by atoms with van der Waals surface area (Å²) in [6, 6.07) is 0. The van der Waals surface area contributed by atoms with Crippen molar-refractivity contribution >= 4 is 18.9 Å². The highest BCUT2D eigenvalue weighted by Crippen LogP contribution is 2.00. The van der Waals surface area contributed by atoms with Gasteiger partial charge in [-0.3, -0.25) is 0 Å². The Morgan fingerprint density at radius 1 is 1.33 bits per heavy atom. The summed E-state index contributed by atoms with van der Waals surface area (Å²) in [6.07, 6.45) is -0.113. The summed E-state index contributed by atoms with van der Waals surface area (Å²) >= 11 is 0. The number of hydrogen-bond acceptors (Lipinski definition) is 4. The van der Waals surface area contributed by atoms with Gasteiger partial charge in [-0.15, -0.1) is 0 Å². The van der Waals surface area contributed by atoms with Gasteiger partial charge in [0.1, 0.15) is 6.10 Å². The van der Waals surface area contributed by atoms with Crippen LogP contribution in [-0.2, 0) is 13.9 Å². The van der Waals surface area contributed by atoms with E-state index in [1.54, 1.807) is 0 Å². The van der Waals surface area contributed by atoms with Crippen LogP contribution in [0.5, 0.6) is 0 Å². The maximum atomic E-state index is 4.80. The van der Waals surface area contributed by atoms with Gasteiger partial charge < -0.3 is 13.9 Å². The van der Waals surface area contributed by atoms with Gasteiger partial charge >= 0.3 is 0 Å². The lowest BCUT2D eigenvalue weighted by atomic mass is 10.4. The van der Waals surface area contributed by atoms with E-state index >= 15 is 0 Å². The molecule has 0 heterocycles. The van der Waals surface area contributed by atoms with Gasteiger partial charge in [-0.25, -0.2) is 5.90 Å². The van der Waals surface area contributed by atoms with E-state index in [0.29, 0.717) is 13.2 Å². The van der Waals surface area contributed by atoms with Crippen LogP contribution in [0.3, 0.4) is 0 Å². The molecular formula is C3H11NO3P2. The average molecular weight is 171 g/mol. The van der Waals surface area contributed by atoms with E-state index in [1.165, 1.54) is 0 Å². The van der Waals surface area contributed by atoms with Crippen molar-refractivity contribution in [2.75, 3.05) is 13.2 Å². The lowest BCUT2D eigenvalue weighted by Crippen LogP contribution is -2.22. The Bertz CT molecular complexity index is 59.0. The third-order valence-electron chi connectivity index (χ3n) is 0.757. The SMILES string of the molecule is NOCC(COP)OP. The fourth-order valence-corrected chi connectivity index (χ4v) is 0.713. The molecule has 0 aromatic carbocycles. The molecule has 0 aliphatic carbocycles. The molecule has 0 aromatic rings. The molecule has 56 valence electrons. The van der Waals surface area contributed by atoms with Crippen LogP contribution in [0.1, 0.15) is 0 Å². The second-order valence-corrected chi connectivity index (χ2v) is 2.03. The van der Waals surface area contributed by atoms with Gasteiger partial charge in [0.25, 0.3) is 0 Å². The summed E-state index contributed by atoms with van der Waals surface area (Å²) < 4.78 is 9.49.